The Morgan fingerprint density at radius 2 is 2.00 bits per heavy atom. The number of benzene rings is 1. The number of anilines is 1. The van der Waals surface area contributed by atoms with Gasteiger partial charge in [-0.15, -0.1) is 0 Å². The standard InChI is InChI=1S/C17H15F4N5O3S/c1-9(17(19,20)21)25-30(28,29)13-8-26(3)15(14(13)23-2)16(27)24-11-4-5-12(18)10(6-11)7-22/h4-6,8-9,25H,2H2,1,3H3,(H,24,27)/t9-/m1/s1. The second-order valence-electron chi connectivity index (χ2n) is 6.10. The topological polar surface area (TPSA) is 116 Å². The number of amides is 1. The van der Waals surface area contributed by atoms with Crippen molar-refractivity contribution in [1.82, 2.24) is 9.29 Å². The summed E-state index contributed by atoms with van der Waals surface area (Å²) < 4.78 is 79.0. The molecule has 1 amide bonds. The van der Waals surface area contributed by atoms with Crippen LogP contribution in [0.2, 0.25) is 0 Å². The maximum atomic E-state index is 13.4. The van der Waals surface area contributed by atoms with Gasteiger partial charge in [-0.3, -0.25) is 9.79 Å². The van der Waals surface area contributed by atoms with Crippen molar-refractivity contribution in [3.63, 3.8) is 0 Å². The van der Waals surface area contributed by atoms with Crippen LogP contribution in [0.3, 0.4) is 0 Å². The number of hydrogen-bond acceptors (Lipinski definition) is 5. The van der Waals surface area contributed by atoms with Crippen LogP contribution < -0.4 is 10.0 Å². The van der Waals surface area contributed by atoms with Crippen molar-refractivity contribution in [2.45, 2.75) is 24.0 Å². The van der Waals surface area contributed by atoms with E-state index in [0.717, 1.165) is 22.9 Å². The van der Waals surface area contributed by atoms with Crippen LogP contribution in [-0.2, 0) is 17.1 Å². The summed E-state index contributed by atoms with van der Waals surface area (Å²) in [6.45, 7) is 3.81. The highest BCUT2D eigenvalue weighted by Gasteiger charge is 2.40. The molecule has 1 atom stereocenters. The third-order valence-electron chi connectivity index (χ3n) is 3.95. The third kappa shape index (κ3) is 4.66. The number of halogens is 4. The van der Waals surface area contributed by atoms with Gasteiger partial charge in [-0.2, -0.15) is 23.2 Å². The second kappa shape index (κ2) is 8.25. The smallest absolute Gasteiger partial charge is 0.343 e. The van der Waals surface area contributed by atoms with E-state index in [-0.39, 0.29) is 16.9 Å². The molecule has 2 aromatic rings. The number of aliphatic imine (C=N–C) groups is 1. The van der Waals surface area contributed by atoms with E-state index in [1.807, 2.05) is 0 Å². The van der Waals surface area contributed by atoms with Gasteiger partial charge in [-0.1, -0.05) is 0 Å². The number of carbonyl (C=O) groups excluding carboxylic acids is 1. The first-order valence-corrected chi connectivity index (χ1v) is 9.56. The van der Waals surface area contributed by atoms with Crippen molar-refractivity contribution in [2.75, 3.05) is 5.32 Å². The van der Waals surface area contributed by atoms with Crippen LogP contribution in [-0.4, -0.2) is 37.8 Å². The molecule has 0 radical (unpaired) electrons. The van der Waals surface area contributed by atoms with Crippen molar-refractivity contribution >= 4 is 34.0 Å². The van der Waals surface area contributed by atoms with E-state index in [4.69, 9.17) is 5.26 Å². The van der Waals surface area contributed by atoms with Crippen LogP contribution in [0.4, 0.5) is 28.9 Å². The third-order valence-corrected chi connectivity index (χ3v) is 5.49. The molecular formula is C17H15F4N5O3S. The monoisotopic (exact) mass is 445 g/mol. The van der Waals surface area contributed by atoms with Gasteiger partial charge in [0, 0.05) is 18.9 Å². The molecule has 1 heterocycles. The molecule has 0 aliphatic rings. The van der Waals surface area contributed by atoms with Crippen LogP contribution >= 0.6 is 0 Å². The van der Waals surface area contributed by atoms with Gasteiger partial charge < -0.3 is 9.88 Å². The molecule has 2 N–H and O–H groups in total. The number of nitrogens with zero attached hydrogens (tertiary/aromatic N) is 3. The van der Waals surface area contributed by atoms with E-state index in [2.05, 4.69) is 17.0 Å². The number of aromatic nitrogens is 1. The lowest BCUT2D eigenvalue weighted by molar-refractivity contribution is -0.147. The van der Waals surface area contributed by atoms with Gasteiger partial charge in [0.15, 0.2) is 0 Å². The summed E-state index contributed by atoms with van der Waals surface area (Å²) in [6.07, 6.45) is -3.92. The first-order valence-electron chi connectivity index (χ1n) is 8.08. The molecule has 0 unspecified atom stereocenters. The van der Waals surface area contributed by atoms with E-state index < -0.39 is 44.5 Å². The number of sulfonamides is 1. The molecule has 0 bridgehead atoms. The minimum atomic E-state index is -4.83. The largest absolute Gasteiger partial charge is 0.404 e. The van der Waals surface area contributed by atoms with Crippen LogP contribution in [0, 0.1) is 17.1 Å². The number of rotatable bonds is 6. The summed E-state index contributed by atoms with van der Waals surface area (Å²) in [5.41, 5.74) is -1.11. The molecule has 160 valence electrons. The summed E-state index contributed by atoms with van der Waals surface area (Å²) in [7, 11) is -3.43. The number of aryl methyl sites for hydroxylation is 1. The number of nitriles is 1. The molecule has 8 nitrogen and oxygen atoms in total. The molecule has 0 spiro atoms. The minimum Gasteiger partial charge on any atom is -0.343 e. The Morgan fingerprint density at radius 3 is 2.53 bits per heavy atom. The Morgan fingerprint density at radius 1 is 1.37 bits per heavy atom. The van der Waals surface area contributed by atoms with Gasteiger partial charge in [0.2, 0.25) is 10.0 Å². The van der Waals surface area contributed by atoms with Crippen molar-refractivity contribution in [1.29, 1.82) is 5.26 Å². The summed E-state index contributed by atoms with van der Waals surface area (Å²) >= 11 is 0. The van der Waals surface area contributed by atoms with Crippen molar-refractivity contribution < 1.29 is 30.8 Å². The van der Waals surface area contributed by atoms with E-state index in [0.29, 0.717) is 6.92 Å². The maximum absolute atomic E-state index is 13.4. The van der Waals surface area contributed by atoms with E-state index in [9.17, 15) is 30.8 Å². The summed E-state index contributed by atoms with van der Waals surface area (Å²) in [4.78, 5) is 15.4. The van der Waals surface area contributed by atoms with Gasteiger partial charge >= 0.3 is 6.18 Å². The Balaban J connectivity index is 2.44. The van der Waals surface area contributed by atoms with E-state index in [1.54, 1.807) is 6.07 Å². The van der Waals surface area contributed by atoms with Gasteiger partial charge in [0.25, 0.3) is 5.91 Å². The Labute approximate surface area is 168 Å². The molecule has 1 aromatic carbocycles. The lowest BCUT2D eigenvalue weighted by Crippen LogP contribution is -2.42. The van der Waals surface area contributed by atoms with Crippen molar-refractivity contribution in [2.24, 2.45) is 12.0 Å². The highest BCUT2D eigenvalue weighted by molar-refractivity contribution is 7.89. The number of alkyl halides is 3. The van der Waals surface area contributed by atoms with Gasteiger partial charge in [-0.05, 0) is 31.8 Å². The van der Waals surface area contributed by atoms with Crippen molar-refractivity contribution in [3.05, 3.63) is 41.5 Å². The quantitative estimate of drug-likeness (QED) is 0.525. The van der Waals surface area contributed by atoms with Crippen LogP contribution in [0.5, 0.6) is 0 Å². The SMILES string of the molecule is C=Nc1c(S(=O)(=O)N[C@H](C)C(F)(F)F)cn(C)c1C(=O)Nc1ccc(F)c(C#N)c1. The predicted molar refractivity (Wildman–Crippen MR) is 99.5 cm³/mol. The number of hydrogen-bond donors (Lipinski definition) is 2. The van der Waals surface area contributed by atoms with Gasteiger partial charge in [-0.25, -0.2) is 12.8 Å². The summed E-state index contributed by atoms with van der Waals surface area (Å²) in [5, 5.41) is 11.2. The van der Waals surface area contributed by atoms with E-state index >= 15 is 0 Å². The molecule has 0 saturated heterocycles. The first-order chi connectivity index (χ1) is 13.8. The normalized spacial score (nSPS) is 12.8. The zero-order chi connectivity index (χ0) is 22.9. The average Bonchev–Trinajstić information content (AvgIpc) is 2.99. The lowest BCUT2D eigenvalue weighted by Gasteiger charge is -2.17. The molecule has 2 rings (SSSR count). The molecule has 13 heteroatoms. The highest BCUT2D eigenvalue weighted by atomic mass is 32.2. The lowest BCUT2D eigenvalue weighted by atomic mass is 10.2. The Bertz CT molecular complexity index is 1150. The zero-order valence-electron chi connectivity index (χ0n) is 15.6. The van der Waals surface area contributed by atoms with Crippen LogP contribution in [0.25, 0.3) is 0 Å². The fourth-order valence-corrected chi connectivity index (χ4v) is 3.88. The van der Waals surface area contributed by atoms with Crippen LogP contribution in [0.15, 0.2) is 34.3 Å². The number of carbonyl (C=O) groups is 1. The molecular weight excluding hydrogens is 430 g/mol. The maximum Gasteiger partial charge on any atom is 0.404 e. The summed E-state index contributed by atoms with van der Waals surface area (Å²) in [6, 6.07) is 2.38. The molecule has 0 fully saturated rings. The number of nitrogens with one attached hydrogen (secondary N) is 2. The second-order valence-corrected chi connectivity index (χ2v) is 7.79. The fraction of sp³-hybridized carbons (Fsp3) is 0.235. The van der Waals surface area contributed by atoms with Crippen molar-refractivity contribution in [3.8, 4) is 6.07 Å². The first kappa shape index (κ1) is 23.0. The Kier molecular flexibility index (Phi) is 6.33. The molecule has 0 saturated carbocycles. The van der Waals surface area contributed by atoms with Crippen LogP contribution in [0.1, 0.15) is 23.0 Å². The average molecular weight is 445 g/mol. The summed E-state index contributed by atoms with van der Waals surface area (Å²) in [5.74, 6) is -1.71. The highest BCUT2D eigenvalue weighted by Crippen LogP contribution is 2.32. The fourth-order valence-electron chi connectivity index (χ4n) is 2.44. The molecule has 30 heavy (non-hydrogen) atoms. The van der Waals surface area contributed by atoms with E-state index in [1.165, 1.54) is 17.8 Å². The minimum absolute atomic E-state index is 0.0300. The Hall–Kier alpha value is -3.24. The zero-order valence-corrected chi connectivity index (χ0v) is 16.4. The molecule has 0 aliphatic carbocycles. The predicted octanol–water partition coefficient (Wildman–Crippen LogP) is 2.85. The molecule has 0 aliphatic heterocycles. The van der Waals surface area contributed by atoms with Gasteiger partial charge in [0.1, 0.15) is 34.2 Å². The van der Waals surface area contributed by atoms with Gasteiger partial charge in [0.05, 0.1) is 5.56 Å². The molecule has 1 aromatic heterocycles.